The Bertz CT molecular complexity index is 601. The second-order valence-electron chi connectivity index (χ2n) is 5.38. The van der Waals surface area contributed by atoms with E-state index in [0.717, 1.165) is 0 Å². The third-order valence-electron chi connectivity index (χ3n) is 3.92. The topological polar surface area (TPSA) is 73.7 Å². The van der Waals surface area contributed by atoms with Crippen molar-refractivity contribution in [2.45, 2.75) is 26.3 Å². The van der Waals surface area contributed by atoms with Crippen LogP contribution in [0.2, 0.25) is 0 Å². The average molecular weight is 311 g/mol. The molecule has 2 aliphatic rings. The predicted octanol–water partition coefficient (Wildman–Crippen LogP) is 0.830. The van der Waals surface area contributed by atoms with Crippen molar-refractivity contribution in [3.63, 3.8) is 0 Å². The van der Waals surface area contributed by atoms with Gasteiger partial charge in [0.05, 0.1) is 19.1 Å². The zero-order valence-electron chi connectivity index (χ0n) is 12.4. The van der Waals surface area contributed by atoms with Crippen molar-refractivity contribution < 1.29 is 23.5 Å². The minimum Gasteiger partial charge on any atom is -0.474 e. The van der Waals surface area contributed by atoms with Crippen LogP contribution in [0.5, 0.6) is 5.88 Å². The number of carbonyl (C=O) groups is 2. The van der Waals surface area contributed by atoms with Crippen LogP contribution in [0.3, 0.4) is 0 Å². The number of rotatable bonds is 3. The highest BCUT2D eigenvalue weighted by Crippen LogP contribution is 2.27. The summed E-state index contributed by atoms with van der Waals surface area (Å²) in [5.41, 5.74) is -0.237. The van der Waals surface area contributed by atoms with Crippen molar-refractivity contribution in [2.75, 3.05) is 26.3 Å². The highest BCUT2D eigenvalue weighted by Gasteiger charge is 2.34. The Morgan fingerprint density at radius 1 is 1.45 bits per heavy atom. The molecular weight excluding hydrogens is 293 g/mol. The summed E-state index contributed by atoms with van der Waals surface area (Å²) in [6.07, 6.45) is 1.36. The molecular formula is C14H18FN3O4. The largest absolute Gasteiger partial charge is 0.474 e. The van der Waals surface area contributed by atoms with Crippen molar-refractivity contribution in [2.24, 2.45) is 5.92 Å². The lowest BCUT2D eigenvalue weighted by Gasteiger charge is -2.31. The standard InChI is InChI=1S/C14H18FN3O4/c1-2-21-14(20)9-4-3-5-17(8-9)12(19)11-10(15)13-18(16-11)6-7-22-13/h9H,2-8H2,1H3. The number of ether oxygens (including phenoxy) is 2. The molecule has 1 aromatic rings. The number of amides is 1. The first-order valence-corrected chi connectivity index (χ1v) is 7.46. The number of hydrogen-bond acceptors (Lipinski definition) is 5. The number of fused-ring (bicyclic) bond motifs is 1. The van der Waals surface area contributed by atoms with E-state index in [1.807, 2.05) is 0 Å². The Labute approximate surface area is 127 Å². The van der Waals surface area contributed by atoms with Gasteiger partial charge in [-0.1, -0.05) is 0 Å². The lowest BCUT2D eigenvalue weighted by Crippen LogP contribution is -2.43. The third kappa shape index (κ3) is 2.53. The summed E-state index contributed by atoms with van der Waals surface area (Å²) in [5.74, 6) is -1.87. The summed E-state index contributed by atoms with van der Waals surface area (Å²) >= 11 is 0. The van der Waals surface area contributed by atoms with Gasteiger partial charge in [-0.15, -0.1) is 0 Å². The molecule has 0 spiro atoms. The molecule has 1 atom stereocenters. The molecule has 7 nitrogen and oxygen atoms in total. The number of aromatic nitrogens is 2. The Morgan fingerprint density at radius 3 is 3.00 bits per heavy atom. The second kappa shape index (κ2) is 5.94. The molecule has 1 fully saturated rings. The van der Waals surface area contributed by atoms with Crippen molar-refractivity contribution in [3.05, 3.63) is 11.5 Å². The first-order valence-electron chi connectivity index (χ1n) is 7.46. The summed E-state index contributed by atoms with van der Waals surface area (Å²) in [6, 6.07) is 0. The van der Waals surface area contributed by atoms with Gasteiger partial charge >= 0.3 is 5.97 Å². The SMILES string of the molecule is CCOC(=O)C1CCCN(C(=O)c2nn3c(c2F)OCC3)C1. The maximum Gasteiger partial charge on any atom is 0.310 e. The third-order valence-corrected chi connectivity index (χ3v) is 3.92. The molecule has 8 heteroatoms. The number of esters is 1. The number of halogens is 1. The lowest BCUT2D eigenvalue weighted by atomic mass is 9.98. The molecule has 1 unspecified atom stereocenters. The quantitative estimate of drug-likeness (QED) is 0.773. The number of piperidine rings is 1. The molecule has 120 valence electrons. The summed E-state index contributed by atoms with van der Waals surface area (Å²) in [4.78, 5) is 25.7. The van der Waals surface area contributed by atoms with E-state index in [1.54, 1.807) is 6.92 Å². The van der Waals surface area contributed by atoms with Crippen molar-refractivity contribution in [1.82, 2.24) is 14.7 Å². The maximum absolute atomic E-state index is 14.2. The molecule has 1 amide bonds. The molecule has 1 saturated heterocycles. The lowest BCUT2D eigenvalue weighted by molar-refractivity contribution is -0.149. The number of likely N-dealkylation sites (tertiary alicyclic amines) is 1. The Kier molecular flexibility index (Phi) is 4.00. The Morgan fingerprint density at radius 2 is 2.27 bits per heavy atom. The zero-order valence-corrected chi connectivity index (χ0v) is 12.4. The van der Waals surface area contributed by atoms with E-state index in [-0.39, 0.29) is 30.0 Å². The van der Waals surface area contributed by atoms with E-state index >= 15 is 0 Å². The molecule has 0 radical (unpaired) electrons. The zero-order chi connectivity index (χ0) is 15.7. The van der Waals surface area contributed by atoms with Crippen molar-refractivity contribution in [3.8, 4) is 5.88 Å². The van der Waals surface area contributed by atoms with Crippen LogP contribution in [-0.4, -0.2) is 52.9 Å². The molecule has 0 aromatic carbocycles. The first kappa shape index (κ1) is 14.8. The normalized spacial score (nSPS) is 20.5. The Hall–Kier alpha value is -2.12. The van der Waals surface area contributed by atoms with Gasteiger partial charge < -0.3 is 14.4 Å². The van der Waals surface area contributed by atoms with Crippen LogP contribution in [0.1, 0.15) is 30.3 Å². The van der Waals surface area contributed by atoms with E-state index < -0.39 is 11.7 Å². The number of carbonyl (C=O) groups excluding carboxylic acids is 2. The average Bonchev–Trinajstić information content (AvgIpc) is 3.10. The van der Waals surface area contributed by atoms with E-state index in [4.69, 9.17) is 9.47 Å². The molecule has 0 N–H and O–H groups in total. The summed E-state index contributed by atoms with van der Waals surface area (Å²) in [6.45, 7) is 3.57. The summed E-state index contributed by atoms with van der Waals surface area (Å²) in [7, 11) is 0. The van der Waals surface area contributed by atoms with Crippen LogP contribution < -0.4 is 4.74 Å². The number of nitrogens with zero attached hydrogens (tertiary/aromatic N) is 3. The predicted molar refractivity (Wildman–Crippen MR) is 72.9 cm³/mol. The van der Waals surface area contributed by atoms with Gasteiger partial charge in [-0.2, -0.15) is 9.49 Å². The molecule has 1 aromatic heterocycles. The van der Waals surface area contributed by atoms with Gasteiger partial charge in [0.1, 0.15) is 6.61 Å². The van der Waals surface area contributed by atoms with Crippen LogP contribution in [0, 0.1) is 11.7 Å². The van der Waals surface area contributed by atoms with Crippen LogP contribution in [0.4, 0.5) is 4.39 Å². The fraction of sp³-hybridized carbons (Fsp3) is 0.643. The van der Waals surface area contributed by atoms with Gasteiger partial charge in [0.25, 0.3) is 5.91 Å². The van der Waals surface area contributed by atoms with E-state index in [0.29, 0.717) is 39.1 Å². The van der Waals surface area contributed by atoms with E-state index in [2.05, 4.69) is 5.10 Å². The van der Waals surface area contributed by atoms with E-state index in [9.17, 15) is 14.0 Å². The highest BCUT2D eigenvalue weighted by molar-refractivity contribution is 5.93. The second-order valence-corrected chi connectivity index (χ2v) is 5.38. The molecule has 3 heterocycles. The fourth-order valence-corrected chi connectivity index (χ4v) is 2.84. The first-order chi connectivity index (χ1) is 10.6. The number of hydrogen-bond donors (Lipinski definition) is 0. The molecule has 0 bridgehead atoms. The van der Waals surface area contributed by atoms with Gasteiger partial charge in [0.2, 0.25) is 11.7 Å². The van der Waals surface area contributed by atoms with Crippen LogP contribution >= 0.6 is 0 Å². The monoisotopic (exact) mass is 311 g/mol. The van der Waals surface area contributed by atoms with E-state index in [1.165, 1.54) is 9.58 Å². The van der Waals surface area contributed by atoms with Crippen LogP contribution in [-0.2, 0) is 16.1 Å². The molecule has 3 rings (SSSR count). The fourth-order valence-electron chi connectivity index (χ4n) is 2.84. The minimum absolute atomic E-state index is 0.0160. The van der Waals surface area contributed by atoms with Crippen molar-refractivity contribution in [1.29, 1.82) is 0 Å². The maximum atomic E-state index is 14.2. The summed E-state index contributed by atoms with van der Waals surface area (Å²) < 4.78 is 25.6. The summed E-state index contributed by atoms with van der Waals surface area (Å²) in [5, 5.41) is 3.98. The van der Waals surface area contributed by atoms with Crippen LogP contribution in [0.15, 0.2) is 0 Å². The Balaban J connectivity index is 1.73. The molecule has 0 aliphatic carbocycles. The minimum atomic E-state index is -0.722. The van der Waals surface area contributed by atoms with Crippen molar-refractivity contribution >= 4 is 11.9 Å². The molecule has 0 saturated carbocycles. The molecule has 2 aliphatic heterocycles. The van der Waals surface area contributed by atoms with Gasteiger partial charge in [-0.05, 0) is 19.8 Å². The smallest absolute Gasteiger partial charge is 0.310 e. The van der Waals surface area contributed by atoms with Gasteiger partial charge in [0.15, 0.2) is 5.69 Å². The highest BCUT2D eigenvalue weighted by atomic mass is 19.1. The van der Waals surface area contributed by atoms with Gasteiger partial charge in [-0.3, -0.25) is 9.59 Å². The van der Waals surface area contributed by atoms with Gasteiger partial charge in [-0.25, -0.2) is 4.68 Å². The molecule has 22 heavy (non-hydrogen) atoms. The van der Waals surface area contributed by atoms with Crippen LogP contribution in [0.25, 0.3) is 0 Å². The van der Waals surface area contributed by atoms with Gasteiger partial charge in [0, 0.05) is 13.1 Å².